The van der Waals surface area contributed by atoms with Gasteiger partial charge in [0.1, 0.15) is 18.3 Å². The molecule has 1 aliphatic carbocycles. The molecule has 1 saturated carbocycles. The number of nitrogens with zero attached hydrogens (tertiary/aromatic N) is 2. The Bertz CT molecular complexity index is 1470. The zero-order chi connectivity index (χ0) is 31.0. The minimum Gasteiger partial charge on any atom is -0.494 e. The lowest BCUT2D eigenvalue weighted by atomic mass is 9.95. The molecule has 3 aromatic carbocycles. The Morgan fingerprint density at radius 1 is 0.884 bits per heavy atom. The molecule has 0 bridgehead atoms. The van der Waals surface area contributed by atoms with Crippen LogP contribution in [-0.4, -0.2) is 50.4 Å². The Morgan fingerprint density at radius 2 is 1.47 bits per heavy atom. The maximum Gasteiger partial charge on any atom is 0.264 e. The van der Waals surface area contributed by atoms with E-state index in [9.17, 15) is 18.0 Å². The van der Waals surface area contributed by atoms with E-state index in [2.05, 4.69) is 5.32 Å². The molecular formula is C34H43N3O5S. The highest BCUT2D eigenvalue weighted by Gasteiger charge is 2.33. The van der Waals surface area contributed by atoms with Gasteiger partial charge in [0.25, 0.3) is 10.0 Å². The molecular weight excluding hydrogens is 562 g/mol. The Balaban J connectivity index is 1.67. The van der Waals surface area contributed by atoms with Crippen LogP contribution in [-0.2, 0) is 26.2 Å². The van der Waals surface area contributed by atoms with Gasteiger partial charge in [-0.2, -0.15) is 0 Å². The summed E-state index contributed by atoms with van der Waals surface area (Å²) in [6, 6.07) is 20.2. The fourth-order valence-electron chi connectivity index (χ4n) is 5.28. The Morgan fingerprint density at radius 3 is 2.05 bits per heavy atom. The molecule has 1 unspecified atom stereocenters. The summed E-state index contributed by atoms with van der Waals surface area (Å²) < 4.78 is 34.7. The van der Waals surface area contributed by atoms with Crippen LogP contribution < -0.4 is 14.4 Å². The summed E-state index contributed by atoms with van der Waals surface area (Å²) >= 11 is 0. The highest BCUT2D eigenvalue weighted by molar-refractivity contribution is 7.92. The number of amides is 2. The maximum atomic E-state index is 14.2. The van der Waals surface area contributed by atoms with Crippen molar-refractivity contribution < 1.29 is 22.7 Å². The summed E-state index contributed by atoms with van der Waals surface area (Å²) in [6.07, 6.45) is 5.14. The largest absolute Gasteiger partial charge is 0.494 e. The molecule has 1 atom stereocenters. The van der Waals surface area contributed by atoms with E-state index in [-0.39, 0.29) is 23.4 Å². The molecule has 2 amide bonds. The second kappa shape index (κ2) is 14.6. The zero-order valence-corrected chi connectivity index (χ0v) is 26.4. The monoisotopic (exact) mass is 605 g/mol. The predicted molar refractivity (Wildman–Crippen MR) is 170 cm³/mol. The van der Waals surface area contributed by atoms with Gasteiger partial charge in [0.05, 0.1) is 17.2 Å². The van der Waals surface area contributed by atoms with E-state index in [1.165, 1.54) is 4.90 Å². The zero-order valence-electron chi connectivity index (χ0n) is 25.6. The standard InChI is InChI=1S/C34H43N3O5S/c1-5-42-31-19-17-30(18-20-31)37(43(40,41)32-21-13-26(3)14-22-32)24-33(38)36(23-28-15-11-25(2)12-16-28)27(4)34(39)35-29-9-7-6-8-10-29/h11-22,27,29H,5-10,23-24H2,1-4H3,(H,35,39). The molecule has 1 fully saturated rings. The van der Waals surface area contributed by atoms with Gasteiger partial charge in [0.15, 0.2) is 0 Å². The molecule has 9 heteroatoms. The van der Waals surface area contributed by atoms with Crippen molar-refractivity contribution in [2.75, 3.05) is 17.5 Å². The molecule has 1 aliphatic rings. The van der Waals surface area contributed by atoms with Crippen LogP contribution in [0.25, 0.3) is 0 Å². The van der Waals surface area contributed by atoms with Crippen molar-refractivity contribution >= 4 is 27.5 Å². The van der Waals surface area contributed by atoms with Gasteiger partial charge in [-0.1, -0.05) is 66.8 Å². The van der Waals surface area contributed by atoms with Crippen LogP contribution >= 0.6 is 0 Å². The van der Waals surface area contributed by atoms with Gasteiger partial charge in [0, 0.05) is 12.6 Å². The van der Waals surface area contributed by atoms with Crippen molar-refractivity contribution in [3.8, 4) is 5.75 Å². The van der Waals surface area contributed by atoms with Crippen LogP contribution in [0, 0.1) is 13.8 Å². The fraction of sp³-hybridized carbons (Fsp3) is 0.412. The first-order valence-electron chi connectivity index (χ1n) is 15.1. The highest BCUT2D eigenvalue weighted by Crippen LogP contribution is 2.27. The first kappa shape index (κ1) is 32.1. The number of carbonyl (C=O) groups is 2. The Hall–Kier alpha value is -3.85. The minimum absolute atomic E-state index is 0.0768. The molecule has 0 aromatic heterocycles. The van der Waals surface area contributed by atoms with Crippen molar-refractivity contribution in [3.05, 3.63) is 89.5 Å². The van der Waals surface area contributed by atoms with E-state index in [0.717, 1.165) is 53.1 Å². The normalized spacial score (nSPS) is 14.5. The van der Waals surface area contributed by atoms with Crippen molar-refractivity contribution in [3.63, 3.8) is 0 Å². The number of anilines is 1. The quantitative estimate of drug-likeness (QED) is 0.283. The van der Waals surface area contributed by atoms with E-state index in [0.29, 0.717) is 18.0 Å². The number of sulfonamides is 1. The number of aryl methyl sites for hydroxylation is 2. The van der Waals surface area contributed by atoms with Crippen molar-refractivity contribution in [2.45, 2.75) is 83.3 Å². The summed E-state index contributed by atoms with van der Waals surface area (Å²) in [4.78, 5) is 29.2. The summed E-state index contributed by atoms with van der Waals surface area (Å²) in [5.41, 5.74) is 3.18. The SMILES string of the molecule is CCOc1ccc(N(CC(=O)N(Cc2ccc(C)cc2)C(C)C(=O)NC2CCCCC2)S(=O)(=O)c2ccc(C)cc2)cc1. The van der Waals surface area contributed by atoms with Gasteiger partial charge in [-0.25, -0.2) is 8.42 Å². The van der Waals surface area contributed by atoms with Gasteiger partial charge in [-0.3, -0.25) is 13.9 Å². The molecule has 0 spiro atoms. The third-order valence-corrected chi connectivity index (χ3v) is 9.70. The van der Waals surface area contributed by atoms with Gasteiger partial charge >= 0.3 is 0 Å². The molecule has 4 rings (SSSR count). The van der Waals surface area contributed by atoms with Crippen LogP contribution in [0.3, 0.4) is 0 Å². The van der Waals surface area contributed by atoms with Gasteiger partial charge in [-0.15, -0.1) is 0 Å². The van der Waals surface area contributed by atoms with Gasteiger partial charge < -0.3 is 15.0 Å². The Labute approximate surface area is 256 Å². The van der Waals surface area contributed by atoms with E-state index in [4.69, 9.17) is 4.74 Å². The smallest absolute Gasteiger partial charge is 0.264 e. The summed E-state index contributed by atoms with van der Waals surface area (Å²) in [7, 11) is -4.13. The highest BCUT2D eigenvalue weighted by atomic mass is 32.2. The minimum atomic E-state index is -4.13. The molecule has 43 heavy (non-hydrogen) atoms. The fourth-order valence-corrected chi connectivity index (χ4v) is 6.70. The predicted octanol–water partition coefficient (Wildman–Crippen LogP) is 5.76. The first-order chi connectivity index (χ1) is 20.6. The third kappa shape index (κ3) is 8.38. The van der Waals surface area contributed by atoms with Crippen molar-refractivity contribution in [2.24, 2.45) is 0 Å². The molecule has 0 saturated heterocycles. The van der Waals surface area contributed by atoms with Crippen LogP contribution in [0.4, 0.5) is 5.69 Å². The average molecular weight is 606 g/mol. The lowest BCUT2D eigenvalue weighted by molar-refractivity contribution is -0.139. The molecule has 0 heterocycles. The summed E-state index contributed by atoms with van der Waals surface area (Å²) in [5.74, 6) is -0.114. The second-order valence-electron chi connectivity index (χ2n) is 11.3. The molecule has 0 radical (unpaired) electrons. The lowest BCUT2D eigenvalue weighted by Crippen LogP contribution is -2.53. The number of ether oxygens (including phenoxy) is 1. The topological polar surface area (TPSA) is 96.0 Å². The van der Waals surface area contributed by atoms with Crippen LogP contribution in [0.2, 0.25) is 0 Å². The van der Waals surface area contributed by atoms with E-state index >= 15 is 0 Å². The molecule has 230 valence electrons. The second-order valence-corrected chi connectivity index (χ2v) is 13.1. The summed E-state index contributed by atoms with van der Waals surface area (Å²) in [6.45, 7) is 7.61. The third-order valence-electron chi connectivity index (χ3n) is 7.92. The van der Waals surface area contributed by atoms with E-state index in [1.807, 2.05) is 45.0 Å². The van der Waals surface area contributed by atoms with Crippen molar-refractivity contribution in [1.82, 2.24) is 10.2 Å². The molecule has 1 N–H and O–H groups in total. The lowest BCUT2D eigenvalue weighted by Gasteiger charge is -2.33. The number of nitrogens with one attached hydrogen (secondary N) is 1. The van der Waals surface area contributed by atoms with Crippen LogP contribution in [0.1, 0.15) is 62.6 Å². The van der Waals surface area contributed by atoms with Gasteiger partial charge in [-0.05, 0) is 82.5 Å². The number of carbonyl (C=O) groups excluding carboxylic acids is 2. The van der Waals surface area contributed by atoms with E-state index in [1.54, 1.807) is 55.5 Å². The van der Waals surface area contributed by atoms with Crippen molar-refractivity contribution in [1.29, 1.82) is 0 Å². The maximum absolute atomic E-state index is 14.2. The number of rotatable bonds is 12. The van der Waals surface area contributed by atoms with Crippen LogP contribution in [0.5, 0.6) is 5.75 Å². The molecule has 0 aliphatic heterocycles. The van der Waals surface area contributed by atoms with Crippen LogP contribution in [0.15, 0.2) is 77.7 Å². The number of hydrogen-bond donors (Lipinski definition) is 1. The molecule has 3 aromatic rings. The average Bonchev–Trinajstić information content (AvgIpc) is 3.00. The number of benzene rings is 3. The van der Waals surface area contributed by atoms with E-state index < -0.39 is 28.5 Å². The summed E-state index contributed by atoms with van der Waals surface area (Å²) in [5, 5.41) is 3.13. The number of hydrogen-bond acceptors (Lipinski definition) is 5. The first-order valence-corrected chi connectivity index (χ1v) is 16.5. The Kier molecular flexibility index (Phi) is 10.9. The van der Waals surface area contributed by atoms with Gasteiger partial charge in [0.2, 0.25) is 11.8 Å². The molecule has 8 nitrogen and oxygen atoms in total.